The maximum Gasteiger partial charge on any atom is 0.239 e. The lowest BCUT2D eigenvalue weighted by atomic mass is 10.1. The number of carbonyl (C=O) groups excluding carboxylic acids is 2. The van der Waals surface area contributed by atoms with Gasteiger partial charge in [0.1, 0.15) is 0 Å². The van der Waals surface area contributed by atoms with E-state index >= 15 is 0 Å². The van der Waals surface area contributed by atoms with E-state index in [0.29, 0.717) is 0 Å². The van der Waals surface area contributed by atoms with Gasteiger partial charge in [-0.1, -0.05) is 41.9 Å². The predicted molar refractivity (Wildman–Crippen MR) is 86.5 cm³/mol. The van der Waals surface area contributed by atoms with Crippen molar-refractivity contribution >= 4 is 27.7 Å². The molecule has 2 atom stereocenters. The SMILES string of the molecule is CC(C)[C@H](N)C(=O)NCC(=O)N[C@@H](C)c1ccc(Br)cc1. The molecule has 1 rings (SSSR count). The van der Waals surface area contributed by atoms with E-state index in [2.05, 4.69) is 26.6 Å². The molecule has 0 bridgehead atoms. The summed E-state index contributed by atoms with van der Waals surface area (Å²) in [6.07, 6.45) is 0. The topological polar surface area (TPSA) is 84.2 Å². The highest BCUT2D eigenvalue weighted by molar-refractivity contribution is 9.10. The van der Waals surface area contributed by atoms with Crippen LogP contribution in [0.3, 0.4) is 0 Å². The monoisotopic (exact) mass is 355 g/mol. The van der Waals surface area contributed by atoms with Gasteiger partial charge in [0.25, 0.3) is 0 Å². The van der Waals surface area contributed by atoms with Crippen molar-refractivity contribution < 1.29 is 9.59 Å². The van der Waals surface area contributed by atoms with Crippen LogP contribution in [0.4, 0.5) is 0 Å². The van der Waals surface area contributed by atoms with Crippen molar-refractivity contribution in [2.24, 2.45) is 11.7 Å². The zero-order valence-electron chi connectivity index (χ0n) is 12.5. The average Bonchev–Trinajstić information content (AvgIpc) is 2.44. The fraction of sp³-hybridized carbons (Fsp3) is 0.467. The second kappa shape index (κ2) is 8.14. The van der Waals surface area contributed by atoms with Crippen LogP contribution in [0.15, 0.2) is 28.7 Å². The summed E-state index contributed by atoms with van der Waals surface area (Å²) in [4.78, 5) is 23.5. The molecule has 6 heteroatoms. The van der Waals surface area contributed by atoms with Gasteiger partial charge in [0.2, 0.25) is 11.8 Å². The van der Waals surface area contributed by atoms with Crippen LogP contribution in [0, 0.1) is 5.92 Å². The van der Waals surface area contributed by atoms with Crippen molar-refractivity contribution in [1.82, 2.24) is 10.6 Å². The number of hydrogen-bond acceptors (Lipinski definition) is 3. The van der Waals surface area contributed by atoms with E-state index in [9.17, 15) is 9.59 Å². The van der Waals surface area contributed by atoms with Crippen molar-refractivity contribution in [2.45, 2.75) is 32.9 Å². The van der Waals surface area contributed by atoms with Crippen LogP contribution >= 0.6 is 15.9 Å². The lowest BCUT2D eigenvalue weighted by Gasteiger charge is -2.17. The van der Waals surface area contributed by atoms with Crippen LogP contribution in [0.25, 0.3) is 0 Å². The van der Waals surface area contributed by atoms with E-state index in [1.807, 2.05) is 45.0 Å². The standard InChI is InChI=1S/C15H22BrN3O2/c1-9(2)14(17)15(21)18-8-13(20)19-10(3)11-4-6-12(16)7-5-11/h4-7,9-10,14H,8,17H2,1-3H3,(H,18,21)(H,19,20)/t10-,14-/m0/s1. The highest BCUT2D eigenvalue weighted by Gasteiger charge is 2.18. The van der Waals surface area contributed by atoms with Crippen molar-refractivity contribution in [3.8, 4) is 0 Å². The van der Waals surface area contributed by atoms with Crippen molar-refractivity contribution in [3.05, 3.63) is 34.3 Å². The number of hydrogen-bond donors (Lipinski definition) is 3. The number of amides is 2. The first-order chi connectivity index (χ1) is 9.81. The first kappa shape index (κ1) is 17.7. The number of halogens is 1. The molecule has 2 amide bonds. The molecule has 4 N–H and O–H groups in total. The zero-order chi connectivity index (χ0) is 16.0. The number of nitrogens with two attached hydrogens (primary N) is 1. The Labute approximate surface area is 133 Å². The molecule has 0 saturated heterocycles. The lowest BCUT2D eigenvalue weighted by Crippen LogP contribution is -2.47. The van der Waals surface area contributed by atoms with Gasteiger partial charge in [-0.3, -0.25) is 9.59 Å². The minimum Gasteiger partial charge on any atom is -0.348 e. The van der Waals surface area contributed by atoms with Gasteiger partial charge < -0.3 is 16.4 Å². The highest BCUT2D eigenvalue weighted by Crippen LogP contribution is 2.16. The molecule has 0 aliphatic carbocycles. The summed E-state index contributed by atoms with van der Waals surface area (Å²) in [5, 5.41) is 5.38. The molecule has 0 aliphatic heterocycles. The van der Waals surface area contributed by atoms with Gasteiger partial charge in [-0.25, -0.2) is 0 Å². The second-order valence-electron chi connectivity index (χ2n) is 5.33. The predicted octanol–water partition coefficient (Wildman–Crippen LogP) is 1.73. The molecule has 0 spiro atoms. The van der Waals surface area contributed by atoms with E-state index in [1.54, 1.807) is 0 Å². The van der Waals surface area contributed by atoms with E-state index in [1.165, 1.54) is 0 Å². The molecule has 0 fully saturated rings. The maximum absolute atomic E-state index is 11.8. The molecule has 21 heavy (non-hydrogen) atoms. The molecule has 0 saturated carbocycles. The normalized spacial score (nSPS) is 13.6. The third-order valence-electron chi connectivity index (χ3n) is 3.19. The van der Waals surface area contributed by atoms with E-state index in [-0.39, 0.29) is 30.3 Å². The molecule has 0 aromatic heterocycles. The summed E-state index contributed by atoms with van der Waals surface area (Å²) >= 11 is 3.36. The number of benzene rings is 1. The fourth-order valence-corrected chi connectivity index (χ4v) is 1.98. The zero-order valence-corrected chi connectivity index (χ0v) is 14.1. The summed E-state index contributed by atoms with van der Waals surface area (Å²) in [6.45, 7) is 5.54. The summed E-state index contributed by atoms with van der Waals surface area (Å²) < 4.78 is 0.986. The maximum atomic E-state index is 11.8. The van der Waals surface area contributed by atoms with Crippen LogP contribution in [-0.2, 0) is 9.59 Å². The van der Waals surface area contributed by atoms with Gasteiger partial charge in [0, 0.05) is 4.47 Å². The van der Waals surface area contributed by atoms with E-state index in [0.717, 1.165) is 10.0 Å². The molecular weight excluding hydrogens is 334 g/mol. The highest BCUT2D eigenvalue weighted by atomic mass is 79.9. The summed E-state index contributed by atoms with van der Waals surface area (Å²) in [5.74, 6) is -0.513. The third kappa shape index (κ3) is 5.85. The molecule has 116 valence electrons. The summed E-state index contributed by atoms with van der Waals surface area (Å²) in [5.41, 5.74) is 6.70. The van der Waals surface area contributed by atoms with Gasteiger partial charge in [-0.05, 0) is 30.5 Å². The Balaban J connectivity index is 2.43. The Hall–Kier alpha value is -1.40. The van der Waals surface area contributed by atoms with E-state index < -0.39 is 6.04 Å². The minimum absolute atomic E-state index is 0.0368. The smallest absolute Gasteiger partial charge is 0.239 e. The van der Waals surface area contributed by atoms with Gasteiger partial charge in [0.05, 0.1) is 18.6 Å². The quantitative estimate of drug-likeness (QED) is 0.726. The first-order valence-corrected chi connectivity index (χ1v) is 7.68. The minimum atomic E-state index is -0.596. The number of carbonyl (C=O) groups is 2. The summed E-state index contributed by atoms with van der Waals surface area (Å²) in [7, 11) is 0. The largest absolute Gasteiger partial charge is 0.348 e. The van der Waals surface area contributed by atoms with Crippen LogP contribution in [0.5, 0.6) is 0 Å². The average molecular weight is 356 g/mol. The Morgan fingerprint density at radius 1 is 1.19 bits per heavy atom. The number of nitrogens with one attached hydrogen (secondary N) is 2. The number of rotatable bonds is 6. The van der Waals surface area contributed by atoms with Crippen LogP contribution in [0.1, 0.15) is 32.4 Å². The van der Waals surface area contributed by atoms with Crippen molar-refractivity contribution in [3.63, 3.8) is 0 Å². The third-order valence-corrected chi connectivity index (χ3v) is 3.72. The molecule has 5 nitrogen and oxygen atoms in total. The van der Waals surface area contributed by atoms with Gasteiger partial charge in [0.15, 0.2) is 0 Å². The molecular formula is C15H22BrN3O2. The van der Waals surface area contributed by atoms with Gasteiger partial charge in [-0.15, -0.1) is 0 Å². The molecule has 1 aromatic carbocycles. The van der Waals surface area contributed by atoms with Gasteiger partial charge in [-0.2, -0.15) is 0 Å². The summed E-state index contributed by atoms with van der Waals surface area (Å²) in [6, 6.07) is 6.98. The Kier molecular flexibility index (Phi) is 6.84. The van der Waals surface area contributed by atoms with Crippen LogP contribution in [0.2, 0.25) is 0 Å². The Morgan fingerprint density at radius 3 is 2.29 bits per heavy atom. The van der Waals surface area contributed by atoms with Crippen molar-refractivity contribution in [1.29, 1.82) is 0 Å². The van der Waals surface area contributed by atoms with Crippen molar-refractivity contribution in [2.75, 3.05) is 6.54 Å². The lowest BCUT2D eigenvalue weighted by molar-refractivity contribution is -0.127. The Morgan fingerprint density at radius 2 is 1.76 bits per heavy atom. The molecule has 0 radical (unpaired) electrons. The van der Waals surface area contributed by atoms with Crippen LogP contribution in [-0.4, -0.2) is 24.4 Å². The molecule has 0 heterocycles. The molecule has 0 aliphatic rings. The van der Waals surface area contributed by atoms with Crippen LogP contribution < -0.4 is 16.4 Å². The second-order valence-corrected chi connectivity index (χ2v) is 6.24. The molecule has 1 aromatic rings. The fourth-order valence-electron chi connectivity index (χ4n) is 1.72. The Bertz CT molecular complexity index is 488. The first-order valence-electron chi connectivity index (χ1n) is 6.89. The molecule has 0 unspecified atom stereocenters. The van der Waals surface area contributed by atoms with E-state index in [4.69, 9.17) is 5.73 Å². The van der Waals surface area contributed by atoms with Gasteiger partial charge >= 0.3 is 0 Å².